The molecular formula is C22H14ClFN4O. The Hall–Kier alpha value is -3.51. The summed E-state index contributed by atoms with van der Waals surface area (Å²) in [5, 5.41) is 5.79. The van der Waals surface area contributed by atoms with Crippen LogP contribution in [0.2, 0.25) is 5.02 Å². The summed E-state index contributed by atoms with van der Waals surface area (Å²) in [7, 11) is 1.86. The highest BCUT2D eigenvalue weighted by Crippen LogP contribution is 2.30. The first-order valence-electron chi connectivity index (χ1n) is 8.90. The van der Waals surface area contributed by atoms with E-state index in [0.717, 1.165) is 27.4 Å². The summed E-state index contributed by atoms with van der Waals surface area (Å²) in [4.78, 5) is 17.3. The molecule has 0 amide bonds. The third kappa shape index (κ3) is 2.89. The molecule has 5 rings (SSSR count). The fraction of sp³-hybridized carbons (Fsp3) is 0.0455. The zero-order chi connectivity index (χ0) is 20.1. The minimum Gasteiger partial charge on any atom is -0.276 e. The van der Waals surface area contributed by atoms with Crippen molar-refractivity contribution in [3.63, 3.8) is 0 Å². The first-order valence-corrected chi connectivity index (χ1v) is 9.28. The smallest absolute Gasteiger partial charge is 0.255 e. The number of hydrogen-bond donors (Lipinski definition) is 0. The van der Waals surface area contributed by atoms with Gasteiger partial charge in [0, 0.05) is 41.8 Å². The molecule has 7 heteroatoms. The number of rotatable bonds is 2. The second-order valence-corrected chi connectivity index (χ2v) is 7.21. The van der Waals surface area contributed by atoms with Crippen LogP contribution in [0, 0.1) is 5.82 Å². The second-order valence-electron chi connectivity index (χ2n) is 6.80. The van der Waals surface area contributed by atoms with Crippen molar-refractivity contribution < 1.29 is 4.39 Å². The molecule has 5 nitrogen and oxygen atoms in total. The van der Waals surface area contributed by atoms with E-state index in [1.165, 1.54) is 22.8 Å². The van der Waals surface area contributed by atoms with Gasteiger partial charge >= 0.3 is 0 Å². The molecule has 0 saturated heterocycles. The van der Waals surface area contributed by atoms with Crippen molar-refractivity contribution in [1.29, 1.82) is 0 Å². The van der Waals surface area contributed by atoms with Gasteiger partial charge in [-0.2, -0.15) is 5.10 Å². The highest BCUT2D eigenvalue weighted by molar-refractivity contribution is 6.30. The molecule has 0 atom stereocenters. The topological polar surface area (TPSA) is 52.7 Å². The summed E-state index contributed by atoms with van der Waals surface area (Å²) in [5.41, 5.74) is 3.61. The van der Waals surface area contributed by atoms with E-state index in [1.807, 2.05) is 31.4 Å². The van der Waals surface area contributed by atoms with Gasteiger partial charge in [0.2, 0.25) is 0 Å². The van der Waals surface area contributed by atoms with Crippen molar-refractivity contribution in [1.82, 2.24) is 19.3 Å². The quantitative estimate of drug-likeness (QED) is 0.399. The molecule has 0 fully saturated rings. The lowest BCUT2D eigenvalue weighted by Crippen LogP contribution is -2.17. The molecule has 0 saturated carbocycles. The van der Waals surface area contributed by atoms with E-state index >= 15 is 0 Å². The molecule has 2 aromatic carbocycles. The van der Waals surface area contributed by atoms with Crippen LogP contribution in [-0.2, 0) is 7.05 Å². The van der Waals surface area contributed by atoms with Crippen molar-refractivity contribution >= 4 is 33.4 Å². The fourth-order valence-corrected chi connectivity index (χ4v) is 3.72. The van der Waals surface area contributed by atoms with Gasteiger partial charge in [-0.1, -0.05) is 17.7 Å². The Labute approximate surface area is 169 Å². The molecule has 142 valence electrons. The van der Waals surface area contributed by atoms with Gasteiger partial charge in [-0.15, -0.1) is 0 Å². The molecule has 0 aliphatic heterocycles. The number of pyridine rings is 2. The van der Waals surface area contributed by atoms with Gasteiger partial charge in [0.1, 0.15) is 5.82 Å². The van der Waals surface area contributed by atoms with Crippen molar-refractivity contribution in [2.45, 2.75) is 0 Å². The summed E-state index contributed by atoms with van der Waals surface area (Å²) < 4.78 is 17.0. The number of aryl methyl sites for hydroxylation is 1. The van der Waals surface area contributed by atoms with Crippen LogP contribution < -0.4 is 5.56 Å². The van der Waals surface area contributed by atoms with E-state index < -0.39 is 5.82 Å². The van der Waals surface area contributed by atoms with E-state index in [9.17, 15) is 9.18 Å². The van der Waals surface area contributed by atoms with Crippen LogP contribution in [0.15, 0.2) is 71.9 Å². The molecule has 3 aromatic heterocycles. The van der Waals surface area contributed by atoms with E-state index in [1.54, 1.807) is 29.2 Å². The molecule has 0 radical (unpaired) electrons. The minimum absolute atomic E-state index is 0.0409. The Morgan fingerprint density at radius 3 is 2.62 bits per heavy atom. The Morgan fingerprint density at radius 2 is 1.86 bits per heavy atom. The SMILES string of the molecule is Cn1cc(-c2ccc3ncc4ccc(=O)n(-c5ccc(F)c(Cl)c5)c4c3c2)cn1. The van der Waals surface area contributed by atoms with Gasteiger partial charge in [0.05, 0.1) is 27.9 Å². The van der Waals surface area contributed by atoms with Crippen LogP contribution in [0.25, 0.3) is 38.6 Å². The third-order valence-corrected chi connectivity index (χ3v) is 5.21. The van der Waals surface area contributed by atoms with Gasteiger partial charge in [-0.25, -0.2) is 4.39 Å². The van der Waals surface area contributed by atoms with Crippen molar-refractivity contribution in [3.05, 3.63) is 88.3 Å². The molecule has 0 aliphatic rings. The number of halogens is 2. The van der Waals surface area contributed by atoms with Gasteiger partial charge in [-0.05, 0) is 42.0 Å². The summed E-state index contributed by atoms with van der Waals surface area (Å²) in [6.07, 6.45) is 5.43. The molecule has 0 bridgehead atoms. The van der Waals surface area contributed by atoms with Crippen LogP contribution in [-0.4, -0.2) is 19.3 Å². The van der Waals surface area contributed by atoms with Crippen LogP contribution in [0.1, 0.15) is 0 Å². The van der Waals surface area contributed by atoms with Gasteiger partial charge in [0.15, 0.2) is 0 Å². The molecule has 0 unspecified atom stereocenters. The number of fused-ring (bicyclic) bond motifs is 3. The zero-order valence-electron chi connectivity index (χ0n) is 15.3. The molecule has 0 N–H and O–H groups in total. The lowest BCUT2D eigenvalue weighted by Gasteiger charge is -2.13. The molecule has 5 aromatic rings. The average Bonchev–Trinajstić information content (AvgIpc) is 3.16. The first kappa shape index (κ1) is 17.6. The number of benzene rings is 2. The zero-order valence-corrected chi connectivity index (χ0v) is 16.1. The molecule has 0 aliphatic carbocycles. The predicted molar refractivity (Wildman–Crippen MR) is 112 cm³/mol. The fourth-order valence-electron chi connectivity index (χ4n) is 3.54. The normalized spacial score (nSPS) is 11.4. The van der Waals surface area contributed by atoms with Crippen LogP contribution in [0.3, 0.4) is 0 Å². The standard InChI is InChI=1S/C22H14ClFN4O/c1-27-12-15(11-26-27)13-2-6-20-17(8-13)22-14(10-25-20)3-7-21(29)28(22)16-4-5-19(24)18(23)9-16/h2-12H,1H3. The lowest BCUT2D eigenvalue weighted by molar-refractivity contribution is 0.628. The van der Waals surface area contributed by atoms with Gasteiger partial charge < -0.3 is 0 Å². The summed E-state index contributed by atoms with van der Waals surface area (Å²) >= 11 is 5.98. The van der Waals surface area contributed by atoms with Crippen LogP contribution >= 0.6 is 11.6 Å². The third-order valence-electron chi connectivity index (χ3n) is 4.92. The van der Waals surface area contributed by atoms with E-state index in [2.05, 4.69) is 10.1 Å². The lowest BCUT2D eigenvalue weighted by atomic mass is 10.0. The highest BCUT2D eigenvalue weighted by atomic mass is 35.5. The van der Waals surface area contributed by atoms with Crippen molar-refractivity contribution in [3.8, 4) is 16.8 Å². The monoisotopic (exact) mass is 404 g/mol. The van der Waals surface area contributed by atoms with Gasteiger partial charge in [0.25, 0.3) is 5.56 Å². The Morgan fingerprint density at radius 1 is 1.00 bits per heavy atom. The Balaban J connectivity index is 1.89. The number of aromatic nitrogens is 4. The van der Waals surface area contributed by atoms with E-state index in [0.29, 0.717) is 11.2 Å². The molecule has 0 spiro atoms. The van der Waals surface area contributed by atoms with Crippen molar-refractivity contribution in [2.75, 3.05) is 0 Å². The van der Waals surface area contributed by atoms with E-state index in [4.69, 9.17) is 11.6 Å². The molecule has 3 heterocycles. The maximum Gasteiger partial charge on any atom is 0.255 e. The van der Waals surface area contributed by atoms with Crippen molar-refractivity contribution in [2.24, 2.45) is 7.05 Å². The Kier molecular flexibility index (Phi) is 3.96. The first-order chi connectivity index (χ1) is 14.0. The maximum absolute atomic E-state index is 13.7. The van der Waals surface area contributed by atoms with Crippen LogP contribution in [0.4, 0.5) is 4.39 Å². The number of hydrogen-bond acceptors (Lipinski definition) is 3. The summed E-state index contributed by atoms with van der Waals surface area (Å²) in [6.45, 7) is 0. The predicted octanol–water partition coefficient (Wildman–Crippen LogP) is 4.73. The Bertz CT molecular complexity index is 1470. The second kappa shape index (κ2) is 6.53. The van der Waals surface area contributed by atoms with E-state index in [-0.39, 0.29) is 10.6 Å². The van der Waals surface area contributed by atoms with Crippen LogP contribution in [0.5, 0.6) is 0 Å². The summed E-state index contributed by atoms with van der Waals surface area (Å²) in [5.74, 6) is -0.533. The maximum atomic E-state index is 13.7. The average molecular weight is 405 g/mol. The molecular weight excluding hydrogens is 391 g/mol. The number of nitrogens with zero attached hydrogens (tertiary/aromatic N) is 4. The largest absolute Gasteiger partial charge is 0.276 e. The molecule has 29 heavy (non-hydrogen) atoms. The summed E-state index contributed by atoms with van der Waals surface area (Å²) in [6, 6.07) is 13.3. The highest BCUT2D eigenvalue weighted by Gasteiger charge is 2.13. The van der Waals surface area contributed by atoms with Gasteiger partial charge in [-0.3, -0.25) is 19.0 Å². The minimum atomic E-state index is -0.533.